The van der Waals surface area contributed by atoms with Crippen LogP contribution in [0.15, 0.2) is 18.3 Å². The zero-order valence-corrected chi connectivity index (χ0v) is 10.2. The summed E-state index contributed by atoms with van der Waals surface area (Å²) in [5, 5.41) is 3.52. The van der Waals surface area contributed by atoms with E-state index in [0.717, 1.165) is 23.9 Å². The van der Waals surface area contributed by atoms with E-state index in [4.69, 9.17) is 4.74 Å². The first-order chi connectivity index (χ1) is 7.77. The van der Waals surface area contributed by atoms with E-state index in [1.54, 1.807) is 7.11 Å². The Hall–Kier alpha value is -1.09. The molecule has 3 heteroatoms. The lowest BCUT2D eigenvalue weighted by Gasteiger charge is -2.19. The van der Waals surface area contributed by atoms with Gasteiger partial charge in [-0.25, -0.2) is 0 Å². The maximum Gasteiger partial charge on any atom is 0.141 e. The number of hydrogen-bond donors (Lipinski definition) is 1. The molecule has 0 saturated heterocycles. The number of nitrogens with one attached hydrogen (secondary N) is 1. The second-order valence-electron chi connectivity index (χ2n) is 4.50. The van der Waals surface area contributed by atoms with E-state index in [2.05, 4.69) is 24.1 Å². The van der Waals surface area contributed by atoms with Crippen LogP contribution < -0.4 is 10.1 Å². The normalized spacial score (nSPS) is 25.2. The van der Waals surface area contributed by atoms with Gasteiger partial charge in [-0.2, -0.15) is 0 Å². The molecule has 1 N–H and O–H groups in total. The summed E-state index contributed by atoms with van der Waals surface area (Å²) >= 11 is 0. The SMILES string of the molecule is CCNC(c1ncccc1OC)C1CC1C. The van der Waals surface area contributed by atoms with Crippen molar-refractivity contribution in [3.63, 3.8) is 0 Å². The molecule has 0 spiro atoms. The van der Waals surface area contributed by atoms with Crippen molar-refractivity contribution >= 4 is 0 Å². The molecule has 1 aromatic heterocycles. The van der Waals surface area contributed by atoms with Gasteiger partial charge in [0.15, 0.2) is 0 Å². The monoisotopic (exact) mass is 220 g/mol. The Bertz CT molecular complexity index is 354. The zero-order chi connectivity index (χ0) is 11.5. The minimum Gasteiger partial charge on any atom is -0.495 e. The fourth-order valence-electron chi connectivity index (χ4n) is 2.30. The van der Waals surface area contributed by atoms with Crippen LogP contribution in [0.5, 0.6) is 5.75 Å². The van der Waals surface area contributed by atoms with Crippen molar-refractivity contribution in [2.75, 3.05) is 13.7 Å². The molecule has 1 aromatic rings. The first kappa shape index (κ1) is 11.4. The van der Waals surface area contributed by atoms with Gasteiger partial charge in [-0.1, -0.05) is 13.8 Å². The van der Waals surface area contributed by atoms with Crippen LogP contribution in [-0.4, -0.2) is 18.6 Å². The Morgan fingerprint density at radius 3 is 2.94 bits per heavy atom. The summed E-state index contributed by atoms with van der Waals surface area (Å²) < 4.78 is 5.38. The Kier molecular flexibility index (Phi) is 3.44. The van der Waals surface area contributed by atoms with Gasteiger partial charge in [0, 0.05) is 6.20 Å². The number of pyridine rings is 1. The number of ether oxygens (including phenoxy) is 1. The average Bonchev–Trinajstić information content (AvgIpc) is 3.03. The highest BCUT2D eigenvalue weighted by Crippen LogP contribution is 2.47. The predicted octanol–water partition coefficient (Wildman–Crippen LogP) is 2.40. The molecule has 0 bridgehead atoms. The van der Waals surface area contributed by atoms with E-state index in [1.807, 2.05) is 18.3 Å². The molecular weight excluding hydrogens is 200 g/mol. The molecule has 0 aromatic carbocycles. The molecule has 3 nitrogen and oxygen atoms in total. The summed E-state index contributed by atoms with van der Waals surface area (Å²) in [5.41, 5.74) is 1.06. The van der Waals surface area contributed by atoms with Gasteiger partial charge in [-0.15, -0.1) is 0 Å². The number of methoxy groups -OCH3 is 1. The van der Waals surface area contributed by atoms with Crippen LogP contribution in [0.25, 0.3) is 0 Å². The number of hydrogen-bond acceptors (Lipinski definition) is 3. The summed E-state index contributed by atoms with van der Waals surface area (Å²) in [4.78, 5) is 4.48. The van der Waals surface area contributed by atoms with E-state index in [9.17, 15) is 0 Å². The molecule has 0 amide bonds. The average molecular weight is 220 g/mol. The van der Waals surface area contributed by atoms with Gasteiger partial charge < -0.3 is 10.1 Å². The number of nitrogens with zero attached hydrogens (tertiary/aromatic N) is 1. The third-order valence-electron chi connectivity index (χ3n) is 3.34. The third-order valence-corrected chi connectivity index (χ3v) is 3.34. The second kappa shape index (κ2) is 4.83. The van der Waals surface area contributed by atoms with Crippen LogP contribution in [0.2, 0.25) is 0 Å². The minimum absolute atomic E-state index is 0.344. The maximum absolute atomic E-state index is 5.38. The zero-order valence-electron chi connectivity index (χ0n) is 10.2. The van der Waals surface area contributed by atoms with Crippen LogP contribution in [0.3, 0.4) is 0 Å². The van der Waals surface area contributed by atoms with Crippen molar-refractivity contribution in [2.45, 2.75) is 26.3 Å². The molecule has 1 aliphatic rings. The fourth-order valence-corrected chi connectivity index (χ4v) is 2.30. The highest BCUT2D eigenvalue weighted by atomic mass is 16.5. The van der Waals surface area contributed by atoms with E-state index in [0.29, 0.717) is 12.0 Å². The summed E-state index contributed by atoms with van der Waals surface area (Å²) in [5.74, 6) is 2.41. The van der Waals surface area contributed by atoms with E-state index in [1.165, 1.54) is 6.42 Å². The topological polar surface area (TPSA) is 34.2 Å². The summed E-state index contributed by atoms with van der Waals surface area (Å²) in [6, 6.07) is 4.25. The fraction of sp³-hybridized carbons (Fsp3) is 0.615. The largest absolute Gasteiger partial charge is 0.495 e. The lowest BCUT2D eigenvalue weighted by molar-refractivity contribution is 0.383. The quantitative estimate of drug-likeness (QED) is 0.827. The second-order valence-corrected chi connectivity index (χ2v) is 4.50. The van der Waals surface area contributed by atoms with E-state index >= 15 is 0 Å². The summed E-state index contributed by atoms with van der Waals surface area (Å²) in [6.07, 6.45) is 3.13. The van der Waals surface area contributed by atoms with Crippen LogP contribution in [0.1, 0.15) is 32.0 Å². The molecule has 2 rings (SSSR count). The summed E-state index contributed by atoms with van der Waals surface area (Å²) in [7, 11) is 1.71. The molecule has 1 aliphatic carbocycles. The standard InChI is InChI=1S/C13H20N2O/c1-4-14-12(10-8-9(10)2)13-11(16-3)6-5-7-15-13/h5-7,9-10,12,14H,4,8H2,1-3H3. The first-order valence-electron chi connectivity index (χ1n) is 6.00. The van der Waals surface area contributed by atoms with Crippen molar-refractivity contribution in [2.24, 2.45) is 11.8 Å². The molecule has 3 unspecified atom stereocenters. The van der Waals surface area contributed by atoms with Crippen LogP contribution in [0.4, 0.5) is 0 Å². The molecule has 3 atom stereocenters. The molecular formula is C13H20N2O. The van der Waals surface area contributed by atoms with Crippen LogP contribution >= 0.6 is 0 Å². The Balaban J connectivity index is 2.23. The number of aromatic nitrogens is 1. The molecule has 88 valence electrons. The van der Waals surface area contributed by atoms with Gasteiger partial charge in [0.2, 0.25) is 0 Å². The van der Waals surface area contributed by atoms with Crippen molar-refractivity contribution in [3.05, 3.63) is 24.0 Å². The van der Waals surface area contributed by atoms with Crippen molar-refractivity contribution in [3.8, 4) is 5.75 Å². The van der Waals surface area contributed by atoms with Crippen LogP contribution in [-0.2, 0) is 0 Å². The third kappa shape index (κ3) is 2.19. The number of rotatable bonds is 5. The van der Waals surface area contributed by atoms with E-state index < -0.39 is 0 Å². The van der Waals surface area contributed by atoms with Gasteiger partial charge in [0.05, 0.1) is 18.8 Å². The minimum atomic E-state index is 0.344. The summed E-state index contributed by atoms with van der Waals surface area (Å²) in [6.45, 7) is 5.40. The Labute approximate surface area is 97.2 Å². The van der Waals surface area contributed by atoms with Crippen molar-refractivity contribution < 1.29 is 4.74 Å². The van der Waals surface area contributed by atoms with Gasteiger partial charge in [0.1, 0.15) is 5.75 Å². The lowest BCUT2D eigenvalue weighted by atomic mass is 10.1. The lowest BCUT2D eigenvalue weighted by Crippen LogP contribution is -2.24. The highest BCUT2D eigenvalue weighted by molar-refractivity contribution is 5.31. The van der Waals surface area contributed by atoms with Crippen molar-refractivity contribution in [1.29, 1.82) is 0 Å². The maximum atomic E-state index is 5.38. The smallest absolute Gasteiger partial charge is 0.141 e. The first-order valence-corrected chi connectivity index (χ1v) is 6.00. The van der Waals surface area contributed by atoms with Gasteiger partial charge >= 0.3 is 0 Å². The van der Waals surface area contributed by atoms with Crippen molar-refractivity contribution in [1.82, 2.24) is 10.3 Å². The Morgan fingerprint density at radius 1 is 1.62 bits per heavy atom. The molecule has 16 heavy (non-hydrogen) atoms. The molecule has 0 radical (unpaired) electrons. The molecule has 1 saturated carbocycles. The highest BCUT2D eigenvalue weighted by Gasteiger charge is 2.41. The van der Waals surface area contributed by atoms with E-state index in [-0.39, 0.29) is 0 Å². The van der Waals surface area contributed by atoms with Gasteiger partial charge in [0.25, 0.3) is 0 Å². The van der Waals surface area contributed by atoms with Gasteiger partial charge in [-0.3, -0.25) is 4.98 Å². The molecule has 1 heterocycles. The van der Waals surface area contributed by atoms with Gasteiger partial charge in [-0.05, 0) is 36.9 Å². The van der Waals surface area contributed by atoms with Crippen LogP contribution in [0, 0.1) is 11.8 Å². The Morgan fingerprint density at radius 2 is 2.38 bits per heavy atom. The molecule has 0 aliphatic heterocycles. The predicted molar refractivity (Wildman–Crippen MR) is 64.5 cm³/mol. The molecule has 1 fully saturated rings.